The third kappa shape index (κ3) is 3.90. The van der Waals surface area contributed by atoms with Crippen molar-refractivity contribution in [1.29, 1.82) is 0 Å². The van der Waals surface area contributed by atoms with Crippen molar-refractivity contribution in [2.75, 3.05) is 11.4 Å². The number of halogens is 1. The van der Waals surface area contributed by atoms with E-state index in [1.807, 2.05) is 30.3 Å². The zero-order chi connectivity index (χ0) is 16.9. The van der Waals surface area contributed by atoms with Gasteiger partial charge in [0.15, 0.2) is 0 Å². The Morgan fingerprint density at radius 3 is 2.71 bits per heavy atom. The molecule has 0 aromatic heterocycles. The Morgan fingerprint density at radius 2 is 1.96 bits per heavy atom. The van der Waals surface area contributed by atoms with Crippen LogP contribution in [-0.2, 0) is 11.3 Å². The molecule has 0 spiro atoms. The van der Waals surface area contributed by atoms with Crippen LogP contribution in [0.3, 0.4) is 0 Å². The molecule has 0 aliphatic carbocycles. The van der Waals surface area contributed by atoms with E-state index in [0.29, 0.717) is 18.8 Å². The number of hydrogen-bond acceptors (Lipinski definition) is 2. The second-order valence-corrected chi connectivity index (χ2v) is 5.70. The first kappa shape index (κ1) is 16.0. The van der Waals surface area contributed by atoms with Crippen molar-refractivity contribution < 1.29 is 14.0 Å². The van der Waals surface area contributed by atoms with E-state index in [9.17, 15) is 14.0 Å². The molecule has 1 aliphatic heterocycles. The molecule has 24 heavy (non-hydrogen) atoms. The molecule has 3 amide bonds. The lowest BCUT2D eigenvalue weighted by Gasteiger charge is -2.17. The maximum atomic E-state index is 13.3. The summed E-state index contributed by atoms with van der Waals surface area (Å²) < 4.78 is 13.3. The molecule has 5 nitrogen and oxygen atoms in total. The van der Waals surface area contributed by atoms with Gasteiger partial charge in [0.1, 0.15) is 5.82 Å². The molecular formula is C18H18FN3O2. The number of hydrogen-bond donors (Lipinski definition) is 2. The van der Waals surface area contributed by atoms with Gasteiger partial charge in [-0.25, -0.2) is 9.18 Å². The van der Waals surface area contributed by atoms with Gasteiger partial charge in [-0.05, 0) is 23.8 Å². The fourth-order valence-electron chi connectivity index (χ4n) is 2.71. The summed E-state index contributed by atoms with van der Waals surface area (Å²) >= 11 is 0. The quantitative estimate of drug-likeness (QED) is 0.906. The number of anilines is 1. The lowest BCUT2D eigenvalue weighted by atomic mass is 10.2. The van der Waals surface area contributed by atoms with Crippen molar-refractivity contribution in [3.63, 3.8) is 0 Å². The molecule has 0 radical (unpaired) electrons. The first-order valence-electron chi connectivity index (χ1n) is 7.76. The SMILES string of the molecule is O=C(NCc1ccccc1)N[C@H]1CC(=O)N(c2cccc(F)c2)C1. The van der Waals surface area contributed by atoms with Crippen molar-refractivity contribution >= 4 is 17.6 Å². The van der Waals surface area contributed by atoms with Gasteiger partial charge in [0.25, 0.3) is 0 Å². The Balaban J connectivity index is 1.53. The third-order valence-electron chi connectivity index (χ3n) is 3.88. The Bertz CT molecular complexity index is 736. The predicted molar refractivity (Wildman–Crippen MR) is 89.0 cm³/mol. The third-order valence-corrected chi connectivity index (χ3v) is 3.88. The maximum absolute atomic E-state index is 13.3. The summed E-state index contributed by atoms with van der Waals surface area (Å²) in [6.45, 7) is 0.752. The van der Waals surface area contributed by atoms with Crippen LogP contribution in [-0.4, -0.2) is 24.5 Å². The molecule has 124 valence electrons. The molecule has 0 bridgehead atoms. The minimum Gasteiger partial charge on any atom is -0.334 e. The predicted octanol–water partition coefficient (Wildman–Crippen LogP) is 2.43. The van der Waals surface area contributed by atoms with E-state index in [0.717, 1.165) is 5.56 Å². The lowest BCUT2D eigenvalue weighted by molar-refractivity contribution is -0.117. The van der Waals surface area contributed by atoms with Crippen molar-refractivity contribution in [2.45, 2.75) is 19.0 Å². The number of carbonyl (C=O) groups is 2. The zero-order valence-corrected chi connectivity index (χ0v) is 13.0. The van der Waals surface area contributed by atoms with E-state index in [4.69, 9.17) is 0 Å². The topological polar surface area (TPSA) is 61.4 Å². The van der Waals surface area contributed by atoms with Gasteiger partial charge in [-0.1, -0.05) is 36.4 Å². The van der Waals surface area contributed by atoms with Gasteiger partial charge in [0.2, 0.25) is 5.91 Å². The standard InChI is InChI=1S/C18H18FN3O2/c19-14-7-4-8-16(9-14)22-12-15(10-17(22)23)21-18(24)20-11-13-5-2-1-3-6-13/h1-9,15H,10-12H2,(H2,20,21,24)/t15-/m0/s1. The first-order valence-corrected chi connectivity index (χ1v) is 7.76. The van der Waals surface area contributed by atoms with E-state index in [1.165, 1.54) is 17.0 Å². The molecule has 2 aromatic carbocycles. The fourth-order valence-corrected chi connectivity index (χ4v) is 2.71. The van der Waals surface area contributed by atoms with Crippen LogP contribution < -0.4 is 15.5 Å². The lowest BCUT2D eigenvalue weighted by Crippen LogP contribution is -2.43. The summed E-state index contributed by atoms with van der Waals surface area (Å²) in [6.07, 6.45) is 0.204. The van der Waals surface area contributed by atoms with Crippen molar-refractivity contribution in [3.8, 4) is 0 Å². The van der Waals surface area contributed by atoms with Crippen LogP contribution in [0.15, 0.2) is 54.6 Å². The summed E-state index contributed by atoms with van der Waals surface area (Å²) in [5, 5.41) is 5.55. The summed E-state index contributed by atoms with van der Waals surface area (Å²) in [7, 11) is 0. The van der Waals surface area contributed by atoms with E-state index in [1.54, 1.807) is 12.1 Å². The monoisotopic (exact) mass is 327 g/mol. The number of rotatable bonds is 4. The molecule has 1 fully saturated rings. The second kappa shape index (κ2) is 7.12. The average Bonchev–Trinajstić information content (AvgIpc) is 2.94. The molecule has 2 aromatic rings. The Kier molecular flexibility index (Phi) is 4.74. The number of benzene rings is 2. The molecule has 1 atom stereocenters. The van der Waals surface area contributed by atoms with E-state index in [-0.39, 0.29) is 24.4 Å². The average molecular weight is 327 g/mol. The minimum atomic E-state index is -0.391. The van der Waals surface area contributed by atoms with Crippen molar-refractivity contribution in [3.05, 3.63) is 66.0 Å². The van der Waals surface area contributed by atoms with Crippen LogP contribution in [0.2, 0.25) is 0 Å². The maximum Gasteiger partial charge on any atom is 0.315 e. The molecular weight excluding hydrogens is 309 g/mol. The van der Waals surface area contributed by atoms with Crippen LogP contribution in [0.25, 0.3) is 0 Å². The van der Waals surface area contributed by atoms with Crippen LogP contribution in [0, 0.1) is 5.82 Å². The molecule has 0 unspecified atom stereocenters. The molecule has 6 heteroatoms. The number of amides is 3. The summed E-state index contributed by atoms with van der Waals surface area (Å²) in [5.74, 6) is -0.522. The second-order valence-electron chi connectivity index (χ2n) is 5.70. The van der Waals surface area contributed by atoms with Crippen molar-refractivity contribution in [1.82, 2.24) is 10.6 Å². The van der Waals surface area contributed by atoms with Gasteiger partial charge in [0.05, 0.1) is 6.04 Å². The van der Waals surface area contributed by atoms with E-state index in [2.05, 4.69) is 10.6 Å². The Hall–Kier alpha value is -2.89. The van der Waals surface area contributed by atoms with Crippen molar-refractivity contribution in [2.24, 2.45) is 0 Å². The van der Waals surface area contributed by atoms with Crippen LogP contribution in [0.5, 0.6) is 0 Å². The van der Waals surface area contributed by atoms with Crippen LogP contribution in [0.1, 0.15) is 12.0 Å². The van der Waals surface area contributed by atoms with Gasteiger partial charge in [0, 0.05) is 25.2 Å². The van der Waals surface area contributed by atoms with E-state index >= 15 is 0 Å². The minimum absolute atomic E-state index is 0.131. The molecule has 1 saturated heterocycles. The van der Waals surface area contributed by atoms with E-state index < -0.39 is 5.82 Å². The van der Waals surface area contributed by atoms with Gasteiger partial charge < -0.3 is 15.5 Å². The molecule has 1 heterocycles. The molecule has 2 N–H and O–H groups in total. The van der Waals surface area contributed by atoms with Gasteiger partial charge >= 0.3 is 6.03 Å². The highest BCUT2D eigenvalue weighted by Gasteiger charge is 2.31. The Morgan fingerprint density at radius 1 is 1.17 bits per heavy atom. The first-order chi connectivity index (χ1) is 11.6. The normalized spacial score (nSPS) is 17.0. The van der Waals surface area contributed by atoms with Crippen LogP contribution in [0.4, 0.5) is 14.9 Å². The number of urea groups is 1. The smallest absolute Gasteiger partial charge is 0.315 e. The van der Waals surface area contributed by atoms with Gasteiger partial charge in [-0.3, -0.25) is 4.79 Å². The van der Waals surface area contributed by atoms with Gasteiger partial charge in [-0.2, -0.15) is 0 Å². The Labute approximate surface area is 139 Å². The fraction of sp³-hybridized carbons (Fsp3) is 0.222. The highest BCUT2D eigenvalue weighted by Crippen LogP contribution is 2.22. The highest BCUT2D eigenvalue weighted by molar-refractivity contribution is 5.96. The summed E-state index contributed by atoms with van der Waals surface area (Å²) in [5.41, 5.74) is 1.51. The zero-order valence-electron chi connectivity index (χ0n) is 13.0. The highest BCUT2D eigenvalue weighted by atomic mass is 19.1. The van der Waals surface area contributed by atoms with Crippen LogP contribution >= 0.6 is 0 Å². The largest absolute Gasteiger partial charge is 0.334 e. The summed E-state index contributed by atoms with van der Waals surface area (Å²) in [6, 6.07) is 14.8. The number of nitrogens with one attached hydrogen (secondary N) is 2. The summed E-state index contributed by atoms with van der Waals surface area (Å²) in [4.78, 5) is 25.5. The van der Waals surface area contributed by atoms with Gasteiger partial charge in [-0.15, -0.1) is 0 Å². The number of nitrogens with zero attached hydrogens (tertiary/aromatic N) is 1. The number of carbonyl (C=O) groups excluding carboxylic acids is 2. The molecule has 3 rings (SSSR count). The molecule has 1 aliphatic rings. The molecule has 0 saturated carbocycles.